The average Bonchev–Trinajstić information content (AvgIpc) is 2.95. The zero-order valence-electron chi connectivity index (χ0n) is 11.5. The van der Waals surface area contributed by atoms with Crippen molar-refractivity contribution in [2.75, 3.05) is 0 Å². The van der Waals surface area contributed by atoms with Crippen molar-refractivity contribution < 1.29 is 4.42 Å². The third-order valence-corrected chi connectivity index (χ3v) is 5.57. The van der Waals surface area contributed by atoms with E-state index in [1.165, 1.54) is 0 Å². The molecule has 22 heavy (non-hydrogen) atoms. The second kappa shape index (κ2) is 5.59. The maximum absolute atomic E-state index is 12.0. The standard InChI is InChI=1S/C17H11NO2S2/c19-16-12(9-11-5-1-3-7-14(11)20-16)10-21-17-18-13-6-2-4-8-15(13)22-17/h1-9H,10H2. The number of thioether (sulfide) groups is 1. The van der Waals surface area contributed by atoms with E-state index in [2.05, 4.69) is 11.1 Å². The first-order chi connectivity index (χ1) is 10.8. The highest BCUT2D eigenvalue weighted by molar-refractivity contribution is 8.00. The van der Waals surface area contributed by atoms with Crippen molar-refractivity contribution in [3.8, 4) is 0 Å². The second-order valence-electron chi connectivity index (χ2n) is 4.83. The molecule has 0 aliphatic carbocycles. The van der Waals surface area contributed by atoms with Gasteiger partial charge in [0.05, 0.1) is 10.2 Å². The largest absolute Gasteiger partial charge is 0.423 e. The molecule has 4 aromatic rings. The number of thiazole rings is 1. The fraction of sp³-hybridized carbons (Fsp3) is 0.0588. The number of nitrogens with zero attached hydrogens (tertiary/aromatic N) is 1. The molecule has 0 spiro atoms. The highest BCUT2D eigenvalue weighted by atomic mass is 32.2. The molecule has 2 aromatic heterocycles. The fourth-order valence-electron chi connectivity index (χ4n) is 2.26. The summed E-state index contributed by atoms with van der Waals surface area (Å²) < 4.78 is 7.48. The smallest absolute Gasteiger partial charge is 0.340 e. The molecular formula is C17H11NO2S2. The highest BCUT2D eigenvalue weighted by Crippen LogP contribution is 2.31. The van der Waals surface area contributed by atoms with Crippen LogP contribution in [0.2, 0.25) is 0 Å². The normalized spacial score (nSPS) is 11.3. The molecule has 0 aliphatic rings. The van der Waals surface area contributed by atoms with E-state index in [-0.39, 0.29) is 5.63 Å². The van der Waals surface area contributed by atoms with E-state index in [0.717, 1.165) is 19.9 Å². The predicted molar refractivity (Wildman–Crippen MR) is 91.7 cm³/mol. The Morgan fingerprint density at radius 3 is 2.82 bits per heavy atom. The molecule has 0 aliphatic heterocycles. The first-order valence-electron chi connectivity index (χ1n) is 6.80. The molecule has 0 bridgehead atoms. The SMILES string of the molecule is O=c1oc2ccccc2cc1CSc1nc2ccccc2s1. The average molecular weight is 325 g/mol. The van der Waals surface area contributed by atoms with E-state index in [1.54, 1.807) is 29.2 Å². The Kier molecular flexibility index (Phi) is 3.44. The van der Waals surface area contributed by atoms with Gasteiger partial charge in [-0.1, -0.05) is 42.1 Å². The minimum absolute atomic E-state index is 0.271. The topological polar surface area (TPSA) is 43.1 Å². The van der Waals surface area contributed by atoms with Crippen LogP contribution in [0, 0.1) is 0 Å². The molecule has 108 valence electrons. The van der Waals surface area contributed by atoms with Gasteiger partial charge in [0.15, 0.2) is 4.34 Å². The number of benzene rings is 2. The highest BCUT2D eigenvalue weighted by Gasteiger charge is 2.08. The molecule has 0 atom stereocenters. The van der Waals surface area contributed by atoms with Crippen molar-refractivity contribution in [3.05, 3.63) is 70.6 Å². The molecule has 2 aromatic carbocycles. The summed E-state index contributed by atoms with van der Waals surface area (Å²) in [7, 11) is 0. The Labute approximate surface area is 134 Å². The van der Waals surface area contributed by atoms with E-state index < -0.39 is 0 Å². The van der Waals surface area contributed by atoms with Gasteiger partial charge in [-0.15, -0.1) is 11.3 Å². The molecule has 0 radical (unpaired) electrons. The summed E-state index contributed by atoms with van der Waals surface area (Å²) in [5, 5.41) is 0.946. The van der Waals surface area contributed by atoms with Gasteiger partial charge >= 0.3 is 5.63 Å². The van der Waals surface area contributed by atoms with E-state index in [4.69, 9.17) is 4.42 Å². The van der Waals surface area contributed by atoms with Crippen LogP contribution < -0.4 is 5.63 Å². The quantitative estimate of drug-likeness (QED) is 0.405. The number of para-hydroxylation sites is 2. The Morgan fingerprint density at radius 2 is 1.91 bits per heavy atom. The van der Waals surface area contributed by atoms with Crippen LogP contribution in [0.1, 0.15) is 5.56 Å². The first-order valence-corrected chi connectivity index (χ1v) is 8.60. The van der Waals surface area contributed by atoms with Gasteiger partial charge in [0.2, 0.25) is 0 Å². The summed E-state index contributed by atoms with van der Waals surface area (Å²) in [5.41, 5.74) is 2.03. The molecule has 0 amide bonds. The molecule has 0 saturated heterocycles. The number of hydrogen-bond acceptors (Lipinski definition) is 5. The number of aromatic nitrogens is 1. The molecule has 5 heteroatoms. The van der Waals surface area contributed by atoms with Gasteiger partial charge < -0.3 is 4.42 Å². The zero-order chi connectivity index (χ0) is 14.9. The third-order valence-electron chi connectivity index (χ3n) is 3.34. The van der Waals surface area contributed by atoms with Gasteiger partial charge in [0, 0.05) is 16.7 Å². The molecule has 3 nitrogen and oxygen atoms in total. The summed E-state index contributed by atoms with van der Waals surface area (Å²) in [6.07, 6.45) is 0. The minimum Gasteiger partial charge on any atom is -0.423 e. The van der Waals surface area contributed by atoms with Crippen molar-refractivity contribution in [1.82, 2.24) is 4.98 Å². The lowest BCUT2D eigenvalue weighted by Crippen LogP contribution is -2.05. The number of hydrogen-bond donors (Lipinski definition) is 0. The van der Waals surface area contributed by atoms with Crippen LogP contribution in [0.4, 0.5) is 0 Å². The van der Waals surface area contributed by atoms with Crippen molar-refractivity contribution in [1.29, 1.82) is 0 Å². The summed E-state index contributed by atoms with van der Waals surface area (Å²) in [6, 6.07) is 17.5. The Morgan fingerprint density at radius 1 is 1.09 bits per heavy atom. The van der Waals surface area contributed by atoms with Crippen LogP contribution >= 0.6 is 23.1 Å². The molecule has 0 unspecified atom stereocenters. The van der Waals surface area contributed by atoms with Gasteiger partial charge in [-0.05, 0) is 24.3 Å². The molecular weight excluding hydrogens is 314 g/mol. The van der Waals surface area contributed by atoms with Crippen LogP contribution in [0.15, 0.2) is 68.1 Å². The minimum atomic E-state index is -0.271. The summed E-state index contributed by atoms with van der Waals surface area (Å²) in [5.74, 6) is 0.562. The lowest BCUT2D eigenvalue weighted by Gasteiger charge is -2.00. The number of rotatable bonds is 3. The molecule has 2 heterocycles. The molecule has 0 N–H and O–H groups in total. The molecule has 0 saturated carbocycles. The van der Waals surface area contributed by atoms with Crippen LogP contribution in [0.5, 0.6) is 0 Å². The Bertz CT molecular complexity index is 987. The lowest BCUT2D eigenvalue weighted by atomic mass is 10.2. The zero-order valence-corrected chi connectivity index (χ0v) is 13.1. The summed E-state index contributed by atoms with van der Waals surface area (Å²) >= 11 is 3.21. The van der Waals surface area contributed by atoms with Gasteiger partial charge in [-0.2, -0.15) is 0 Å². The van der Waals surface area contributed by atoms with E-state index >= 15 is 0 Å². The maximum atomic E-state index is 12.0. The second-order valence-corrected chi connectivity index (χ2v) is 7.09. The van der Waals surface area contributed by atoms with E-state index in [1.807, 2.05) is 42.5 Å². The van der Waals surface area contributed by atoms with Crippen molar-refractivity contribution in [2.24, 2.45) is 0 Å². The van der Waals surface area contributed by atoms with Gasteiger partial charge in [-0.25, -0.2) is 9.78 Å². The lowest BCUT2D eigenvalue weighted by molar-refractivity contribution is 0.554. The van der Waals surface area contributed by atoms with Crippen LogP contribution in [0.25, 0.3) is 21.2 Å². The Balaban J connectivity index is 1.63. The van der Waals surface area contributed by atoms with Crippen LogP contribution in [-0.4, -0.2) is 4.98 Å². The maximum Gasteiger partial charge on any atom is 0.340 e. The Hall–Kier alpha value is -2.11. The van der Waals surface area contributed by atoms with E-state index in [0.29, 0.717) is 16.9 Å². The predicted octanol–water partition coefficient (Wildman–Crippen LogP) is 4.70. The van der Waals surface area contributed by atoms with E-state index in [9.17, 15) is 4.79 Å². The number of fused-ring (bicyclic) bond motifs is 2. The molecule has 0 fully saturated rings. The summed E-state index contributed by atoms with van der Waals surface area (Å²) in [6.45, 7) is 0. The van der Waals surface area contributed by atoms with Crippen LogP contribution in [0.3, 0.4) is 0 Å². The van der Waals surface area contributed by atoms with Crippen molar-refractivity contribution >= 4 is 44.3 Å². The monoisotopic (exact) mass is 325 g/mol. The van der Waals surface area contributed by atoms with Gasteiger partial charge in [0.25, 0.3) is 0 Å². The third kappa shape index (κ3) is 2.53. The van der Waals surface area contributed by atoms with Gasteiger partial charge in [-0.3, -0.25) is 0 Å². The fourth-order valence-corrected chi connectivity index (χ4v) is 4.28. The van der Waals surface area contributed by atoms with Gasteiger partial charge in [0.1, 0.15) is 5.58 Å². The molecule has 4 rings (SSSR count). The van der Waals surface area contributed by atoms with Crippen molar-refractivity contribution in [2.45, 2.75) is 10.1 Å². The van der Waals surface area contributed by atoms with Crippen LogP contribution in [-0.2, 0) is 5.75 Å². The van der Waals surface area contributed by atoms with Crippen molar-refractivity contribution in [3.63, 3.8) is 0 Å². The first kappa shape index (κ1) is 13.5. The summed E-state index contributed by atoms with van der Waals surface area (Å²) in [4.78, 5) is 16.6.